The van der Waals surface area contributed by atoms with Crippen LogP contribution in [0.15, 0.2) is 41.4 Å². The fourth-order valence-electron chi connectivity index (χ4n) is 1.97. The van der Waals surface area contributed by atoms with Gasteiger partial charge in [-0.1, -0.05) is 12.1 Å². The zero-order chi connectivity index (χ0) is 15.6. The molecule has 5 nitrogen and oxygen atoms in total. The van der Waals surface area contributed by atoms with Crippen molar-refractivity contribution < 1.29 is 13.2 Å². The number of aromatic nitrogens is 1. The van der Waals surface area contributed by atoms with Gasteiger partial charge in [-0.05, 0) is 50.1 Å². The molecule has 0 fully saturated rings. The van der Waals surface area contributed by atoms with E-state index in [1.165, 1.54) is 12.1 Å². The van der Waals surface area contributed by atoms with E-state index < -0.39 is 15.9 Å². The summed E-state index contributed by atoms with van der Waals surface area (Å²) in [5, 5.41) is 0. The molecule has 1 heterocycles. The molecule has 0 aliphatic heterocycles. The van der Waals surface area contributed by atoms with Crippen molar-refractivity contribution in [2.45, 2.75) is 25.7 Å². The maximum atomic E-state index is 12.3. The van der Waals surface area contributed by atoms with Crippen molar-refractivity contribution >= 4 is 15.9 Å². The highest BCUT2D eigenvalue weighted by Gasteiger charge is 2.22. The first-order chi connectivity index (χ1) is 9.83. The third-order valence-electron chi connectivity index (χ3n) is 3.32. The standard InChI is InChI=1S/C15H16N2O3S/c1-10-6-4-8-14(11(10)2)21(19,20)17-15(18)13-7-5-9-16-12(13)3/h4-9H,1-3H3,(H,17,18). The van der Waals surface area contributed by atoms with Gasteiger partial charge in [-0.2, -0.15) is 0 Å². The van der Waals surface area contributed by atoms with Crippen LogP contribution in [-0.2, 0) is 10.0 Å². The highest BCUT2D eigenvalue weighted by molar-refractivity contribution is 7.90. The molecule has 0 saturated carbocycles. The van der Waals surface area contributed by atoms with Gasteiger partial charge in [0.2, 0.25) is 0 Å². The molecule has 0 atom stereocenters. The summed E-state index contributed by atoms with van der Waals surface area (Å²) < 4.78 is 26.8. The second kappa shape index (κ2) is 5.65. The Morgan fingerprint density at radius 2 is 1.81 bits per heavy atom. The number of benzene rings is 1. The number of nitrogens with zero attached hydrogens (tertiary/aromatic N) is 1. The zero-order valence-corrected chi connectivity index (χ0v) is 12.9. The summed E-state index contributed by atoms with van der Waals surface area (Å²) in [6.45, 7) is 5.19. The van der Waals surface area contributed by atoms with Crippen LogP contribution >= 0.6 is 0 Å². The van der Waals surface area contributed by atoms with Crippen molar-refractivity contribution in [3.8, 4) is 0 Å². The van der Waals surface area contributed by atoms with E-state index in [1.54, 1.807) is 32.2 Å². The van der Waals surface area contributed by atoms with Gasteiger partial charge < -0.3 is 0 Å². The Hall–Kier alpha value is -2.21. The molecule has 0 radical (unpaired) electrons. The van der Waals surface area contributed by atoms with Gasteiger partial charge in [-0.15, -0.1) is 0 Å². The minimum Gasteiger partial charge on any atom is -0.268 e. The third kappa shape index (κ3) is 3.11. The van der Waals surface area contributed by atoms with Crippen LogP contribution in [0.3, 0.4) is 0 Å². The summed E-state index contributed by atoms with van der Waals surface area (Å²) in [4.78, 5) is 16.2. The number of aryl methyl sites for hydroxylation is 2. The molecule has 0 aliphatic carbocycles. The first-order valence-electron chi connectivity index (χ1n) is 6.38. The summed E-state index contributed by atoms with van der Waals surface area (Å²) in [6.07, 6.45) is 1.55. The average Bonchev–Trinajstić information content (AvgIpc) is 2.41. The maximum Gasteiger partial charge on any atom is 0.266 e. The predicted octanol–water partition coefficient (Wildman–Crippen LogP) is 2.13. The van der Waals surface area contributed by atoms with Crippen molar-refractivity contribution in [1.29, 1.82) is 0 Å². The van der Waals surface area contributed by atoms with E-state index in [4.69, 9.17) is 0 Å². The van der Waals surface area contributed by atoms with Crippen LogP contribution in [0.4, 0.5) is 0 Å². The van der Waals surface area contributed by atoms with E-state index in [1.807, 2.05) is 13.0 Å². The summed E-state index contributed by atoms with van der Waals surface area (Å²) in [5.74, 6) is -0.679. The van der Waals surface area contributed by atoms with Gasteiger partial charge in [-0.25, -0.2) is 13.1 Å². The SMILES string of the molecule is Cc1cccc(S(=O)(=O)NC(=O)c2cccnc2C)c1C. The Morgan fingerprint density at radius 1 is 1.10 bits per heavy atom. The number of carbonyl (C=O) groups is 1. The van der Waals surface area contributed by atoms with Crippen LogP contribution < -0.4 is 4.72 Å². The number of hydrogen-bond donors (Lipinski definition) is 1. The van der Waals surface area contributed by atoms with Crippen LogP contribution in [0.1, 0.15) is 27.2 Å². The summed E-state index contributed by atoms with van der Waals surface area (Å²) in [5.41, 5.74) is 2.20. The first-order valence-corrected chi connectivity index (χ1v) is 7.86. The Morgan fingerprint density at radius 3 is 2.48 bits per heavy atom. The normalized spacial score (nSPS) is 11.2. The molecular weight excluding hydrogens is 288 g/mol. The van der Waals surface area contributed by atoms with E-state index in [2.05, 4.69) is 9.71 Å². The molecule has 1 aromatic carbocycles. The van der Waals surface area contributed by atoms with E-state index in [0.717, 1.165) is 5.56 Å². The number of sulfonamides is 1. The summed E-state index contributed by atoms with van der Waals surface area (Å²) >= 11 is 0. The third-order valence-corrected chi connectivity index (χ3v) is 4.80. The molecule has 21 heavy (non-hydrogen) atoms. The smallest absolute Gasteiger partial charge is 0.266 e. The second-order valence-corrected chi connectivity index (χ2v) is 6.42. The number of pyridine rings is 1. The summed E-state index contributed by atoms with van der Waals surface area (Å²) in [6, 6.07) is 8.08. The van der Waals surface area contributed by atoms with Gasteiger partial charge in [0, 0.05) is 11.9 Å². The number of amides is 1. The van der Waals surface area contributed by atoms with Crippen molar-refractivity contribution in [3.05, 3.63) is 58.9 Å². The predicted molar refractivity (Wildman–Crippen MR) is 79.5 cm³/mol. The molecule has 0 bridgehead atoms. The molecule has 1 N–H and O–H groups in total. The van der Waals surface area contributed by atoms with E-state index in [0.29, 0.717) is 11.3 Å². The lowest BCUT2D eigenvalue weighted by Gasteiger charge is -2.11. The quantitative estimate of drug-likeness (QED) is 0.942. The molecule has 1 aromatic heterocycles. The second-order valence-electron chi connectivity index (χ2n) is 4.77. The largest absolute Gasteiger partial charge is 0.268 e. The Kier molecular flexibility index (Phi) is 4.09. The van der Waals surface area contributed by atoms with Crippen molar-refractivity contribution in [3.63, 3.8) is 0 Å². The molecule has 0 saturated heterocycles. The number of hydrogen-bond acceptors (Lipinski definition) is 4. The topological polar surface area (TPSA) is 76.1 Å². The number of carbonyl (C=O) groups excluding carboxylic acids is 1. The molecule has 0 aliphatic rings. The van der Waals surface area contributed by atoms with Crippen molar-refractivity contribution in [1.82, 2.24) is 9.71 Å². The Balaban J connectivity index is 2.36. The molecule has 0 unspecified atom stereocenters. The molecule has 110 valence electrons. The minimum atomic E-state index is -3.90. The minimum absolute atomic E-state index is 0.109. The van der Waals surface area contributed by atoms with E-state index in [-0.39, 0.29) is 10.5 Å². The van der Waals surface area contributed by atoms with Gasteiger partial charge in [0.1, 0.15) is 0 Å². The Bertz CT molecular complexity index is 798. The highest BCUT2D eigenvalue weighted by Crippen LogP contribution is 2.18. The fourth-order valence-corrected chi connectivity index (χ4v) is 3.26. The molecule has 1 amide bonds. The van der Waals surface area contributed by atoms with Crippen LogP contribution in [0, 0.1) is 20.8 Å². The molecular formula is C15H16N2O3S. The summed E-state index contributed by atoms with van der Waals surface area (Å²) in [7, 11) is -3.90. The zero-order valence-electron chi connectivity index (χ0n) is 12.0. The highest BCUT2D eigenvalue weighted by atomic mass is 32.2. The monoisotopic (exact) mass is 304 g/mol. The van der Waals surface area contributed by atoms with Gasteiger partial charge in [0.25, 0.3) is 15.9 Å². The average molecular weight is 304 g/mol. The van der Waals surface area contributed by atoms with Gasteiger partial charge in [-0.3, -0.25) is 9.78 Å². The van der Waals surface area contributed by atoms with Crippen LogP contribution in [-0.4, -0.2) is 19.3 Å². The molecule has 2 aromatic rings. The van der Waals surface area contributed by atoms with Crippen molar-refractivity contribution in [2.75, 3.05) is 0 Å². The van der Waals surface area contributed by atoms with Crippen LogP contribution in [0.2, 0.25) is 0 Å². The Labute approximate surface area is 124 Å². The van der Waals surface area contributed by atoms with Crippen molar-refractivity contribution in [2.24, 2.45) is 0 Å². The first kappa shape index (κ1) is 15.2. The lowest BCUT2D eigenvalue weighted by atomic mass is 10.1. The van der Waals surface area contributed by atoms with E-state index in [9.17, 15) is 13.2 Å². The maximum absolute atomic E-state index is 12.3. The fraction of sp³-hybridized carbons (Fsp3) is 0.200. The molecule has 2 rings (SSSR count). The lowest BCUT2D eigenvalue weighted by Crippen LogP contribution is -2.31. The van der Waals surface area contributed by atoms with Crippen LogP contribution in [0.5, 0.6) is 0 Å². The van der Waals surface area contributed by atoms with Gasteiger partial charge in [0.05, 0.1) is 10.5 Å². The number of nitrogens with one attached hydrogen (secondary N) is 1. The molecule has 0 spiro atoms. The molecule has 6 heteroatoms. The lowest BCUT2D eigenvalue weighted by molar-refractivity contribution is 0.0980. The van der Waals surface area contributed by atoms with Crippen LogP contribution in [0.25, 0.3) is 0 Å². The van der Waals surface area contributed by atoms with E-state index >= 15 is 0 Å². The van der Waals surface area contributed by atoms with Gasteiger partial charge in [0.15, 0.2) is 0 Å². The number of rotatable bonds is 3. The van der Waals surface area contributed by atoms with Gasteiger partial charge >= 0.3 is 0 Å².